The van der Waals surface area contributed by atoms with Crippen molar-refractivity contribution in [2.24, 2.45) is 0 Å². The van der Waals surface area contributed by atoms with E-state index in [1.807, 2.05) is 11.9 Å². The number of halogens is 1. The van der Waals surface area contributed by atoms with E-state index in [1.165, 1.54) is 29.7 Å². The van der Waals surface area contributed by atoms with Crippen LogP contribution in [0.3, 0.4) is 0 Å². The number of thiophene rings is 1. The average molecular weight is 330 g/mol. The fraction of sp³-hybridized carbons (Fsp3) is 0.643. The molecule has 1 aliphatic rings. The van der Waals surface area contributed by atoms with Crippen LogP contribution in [-0.4, -0.2) is 29.2 Å². The molecule has 18 heavy (non-hydrogen) atoms. The van der Waals surface area contributed by atoms with Crippen LogP contribution in [-0.2, 0) is 12.8 Å². The lowest BCUT2D eigenvalue weighted by Gasteiger charge is -2.22. The number of carbonyl (C=O) groups excluding carboxylic acids is 1. The third-order valence-electron chi connectivity index (χ3n) is 3.66. The zero-order chi connectivity index (χ0) is 13.1. The highest BCUT2D eigenvalue weighted by Crippen LogP contribution is 2.29. The van der Waals surface area contributed by atoms with Gasteiger partial charge in [-0.3, -0.25) is 4.79 Å². The molecule has 0 saturated carbocycles. The summed E-state index contributed by atoms with van der Waals surface area (Å²) in [4.78, 5) is 16.6. The van der Waals surface area contributed by atoms with Gasteiger partial charge in [0.25, 0.3) is 5.91 Å². The molecule has 1 aromatic rings. The fourth-order valence-corrected chi connectivity index (χ4v) is 3.92. The number of fused-ring (bicyclic) bond motifs is 1. The van der Waals surface area contributed by atoms with Crippen LogP contribution in [0.15, 0.2) is 6.07 Å². The standard InChI is InChI=1S/C14H20BrNOS/c1-10(9-15)16(2)14(17)13-8-11-6-4-3-5-7-12(11)18-13/h8,10H,3-7,9H2,1-2H3. The molecule has 0 aromatic carbocycles. The minimum Gasteiger partial charge on any atom is -0.337 e. The molecule has 1 atom stereocenters. The highest BCUT2D eigenvalue weighted by molar-refractivity contribution is 9.09. The SMILES string of the molecule is CC(CBr)N(C)C(=O)c1cc2c(s1)CCCCC2. The number of rotatable bonds is 3. The van der Waals surface area contributed by atoms with Crippen molar-refractivity contribution < 1.29 is 4.79 Å². The molecule has 0 saturated heterocycles. The van der Waals surface area contributed by atoms with Crippen LogP contribution in [0.25, 0.3) is 0 Å². The topological polar surface area (TPSA) is 20.3 Å². The van der Waals surface area contributed by atoms with Crippen molar-refractivity contribution in [1.29, 1.82) is 0 Å². The molecule has 2 rings (SSSR count). The van der Waals surface area contributed by atoms with Crippen LogP contribution in [0.1, 0.15) is 46.3 Å². The maximum Gasteiger partial charge on any atom is 0.263 e. The van der Waals surface area contributed by atoms with Gasteiger partial charge in [-0.25, -0.2) is 0 Å². The van der Waals surface area contributed by atoms with E-state index < -0.39 is 0 Å². The molecule has 0 spiro atoms. The van der Waals surface area contributed by atoms with E-state index in [-0.39, 0.29) is 11.9 Å². The minimum absolute atomic E-state index is 0.167. The Bertz CT molecular complexity index is 406. The quantitative estimate of drug-likeness (QED) is 0.608. The van der Waals surface area contributed by atoms with Gasteiger partial charge in [0.1, 0.15) is 0 Å². The molecule has 0 fully saturated rings. The molecule has 0 radical (unpaired) electrons. The lowest BCUT2D eigenvalue weighted by molar-refractivity contribution is 0.0763. The third-order valence-corrected chi connectivity index (χ3v) is 5.82. The summed E-state index contributed by atoms with van der Waals surface area (Å²) in [7, 11) is 1.89. The van der Waals surface area contributed by atoms with E-state index in [2.05, 4.69) is 28.9 Å². The lowest BCUT2D eigenvalue weighted by Crippen LogP contribution is -2.35. The van der Waals surface area contributed by atoms with Crippen molar-refractivity contribution in [2.45, 2.75) is 45.1 Å². The molecule has 1 aliphatic carbocycles. The number of hydrogen-bond donors (Lipinski definition) is 0. The Hall–Kier alpha value is -0.350. The Morgan fingerprint density at radius 3 is 2.89 bits per heavy atom. The van der Waals surface area contributed by atoms with E-state index in [0.717, 1.165) is 23.0 Å². The van der Waals surface area contributed by atoms with Crippen LogP contribution in [0, 0.1) is 0 Å². The molecule has 0 N–H and O–H groups in total. The molecular formula is C14H20BrNOS. The van der Waals surface area contributed by atoms with Gasteiger partial charge in [0, 0.05) is 23.3 Å². The van der Waals surface area contributed by atoms with Gasteiger partial charge >= 0.3 is 0 Å². The molecule has 4 heteroatoms. The van der Waals surface area contributed by atoms with Crippen molar-refractivity contribution in [3.05, 3.63) is 21.4 Å². The van der Waals surface area contributed by atoms with Gasteiger partial charge in [0.15, 0.2) is 0 Å². The summed E-state index contributed by atoms with van der Waals surface area (Å²) in [6.45, 7) is 2.06. The van der Waals surface area contributed by atoms with Crippen LogP contribution in [0.4, 0.5) is 0 Å². The van der Waals surface area contributed by atoms with Gasteiger partial charge in [-0.2, -0.15) is 0 Å². The van der Waals surface area contributed by atoms with E-state index in [9.17, 15) is 4.79 Å². The van der Waals surface area contributed by atoms with Crippen LogP contribution in [0.5, 0.6) is 0 Å². The van der Waals surface area contributed by atoms with Crippen molar-refractivity contribution in [3.8, 4) is 0 Å². The zero-order valence-electron chi connectivity index (χ0n) is 11.0. The van der Waals surface area contributed by atoms with Crippen molar-refractivity contribution in [3.63, 3.8) is 0 Å². The number of carbonyl (C=O) groups is 1. The molecule has 0 aliphatic heterocycles. The predicted octanol–water partition coefficient (Wildman–Crippen LogP) is 3.87. The molecule has 1 aromatic heterocycles. The first-order valence-corrected chi connectivity index (χ1v) is 8.52. The second-order valence-corrected chi connectivity index (χ2v) is 6.82. The summed E-state index contributed by atoms with van der Waals surface area (Å²) < 4.78 is 0. The first-order valence-electron chi connectivity index (χ1n) is 6.58. The molecule has 1 heterocycles. The second kappa shape index (κ2) is 6.20. The molecule has 0 bridgehead atoms. The number of nitrogens with zero attached hydrogens (tertiary/aromatic N) is 1. The summed E-state index contributed by atoms with van der Waals surface area (Å²) in [6.07, 6.45) is 6.17. The predicted molar refractivity (Wildman–Crippen MR) is 80.9 cm³/mol. The second-order valence-electron chi connectivity index (χ2n) is 5.04. The van der Waals surface area contributed by atoms with Gasteiger partial charge in [0.05, 0.1) is 4.88 Å². The Kier molecular flexibility index (Phi) is 4.84. The third kappa shape index (κ3) is 2.97. The molecule has 2 nitrogen and oxygen atoms in total. The van der Waals surface area contributed by atoms with E-state index in [0.29, 0.717) is 0 Å². The molecule has 1 unspecified atom stereocenters. The van der Waals surface area contributed by atoms with Crippen LogP contribution in [0.2, 0.25) is 0 Å². The minimum atomic E-state index is 0.167. The maximum absolute atomic E-state index is 12.4. The van der Waals surface area contributed by atoms with Gasteiger partial charge in [-0.15, -0.1) is 11.3 Å². The first kappa shape index (κ1) is 14.1. The van der Waals surface area contributed by atoms with E-state index in [4.69, 9.17) is 0 Å². The Labute approximate surface area is 122 Å². The van der Waals surface area contributed by atoms with Gasteiger partial charge < -0.3 is 4.90 Å². The normalized spacial score (nSPS) is 16.8. The Balaban J connectivity index is 2.16. The zero-order valence-corrected chi connectivity index (χ0v) is 13.4. The highest BCUT2D eigenvalue weighted by Gasteiger charge is 2.21. The fourth-order valence-electron chi connectivity index (χ4n) is 2.25. The maximum atomic E-state index is 12.4. The molecular weight excluding hydrogens is 310 g/mol. The number of alkyl halides is 1. The van der Waals surface area contributed by atoms with E-state index in [1.54, 1.807) is 11.3 Å². The molecule has 1 amide bonds. The highest BCUT2D eigenvalue weighted by atomic mass is 79.9. The summed E-state index contributed by atoms with van der Waals surface area (Å²) in [5.41, 5.74) is 1.42. The average Bonchev–Trinajstić information content (AvgIpc) is 2.67. The van der Waals surface area contributed by atoms with Gasteiger partial charge in [-0.05, 0) is 44.2 Å². The van der Waals surface area contributed by atoms with Crippen molar-refractivity contribution in [2.75, 3.05) is 12.4 Å². The summed E-state index contributed by atoms with van der Waals surface area (Å²) in [5.74, 6) is 0.167. The summed E-state index contributed by atoms with van der Waals surface area (Å²) >= 11 is 5.14. The number of aryl methyl sites for hydroxylation is 2. The van der Waals surface area contributed by atoms with Crippen molar-refractivity contribution >= 4 is 33.2 Å². The number of hydrogen-bond acceptors (Lipinski definition) is 2. The molecule has 100 valence electrons. The number of amides is 1. The summed E-state index contributed by atoms with van der Waals surface area (Å²) in [5, 5.41) is 0.820. The largest absolute Gasteiger partial charge is 0.337 e. The van der Waals surface area contributed by atoms with Crippen LogP contribution < -0.4 is 0 Å². The lowest BCUT2D eigenvalue weighted by atomic mass is 10.1. The van der Waals surface area contributed by atoms with Crippen molar-refractivity contribution in [1.82, 2.24) is 4.90 Å². The van der Waals surface area contributed by atoms with Crippen LogP contribution >= 0.6 is 27.3 Å². The van der Waals surface area contributed by atoms with Gasteiger partial charge in [-0.1, -0.05) is 22.4 Å². The van der Waals surface area contributed by atoms with Gasteiger partial charge in [0.2, 0.25) is 0 Å². The summed E-state index contributed by atoms with van der Waals surface area (Å²) in [6, 6.07) is 2.37. The first-order chi connectivity index (χ1) is 8.63. The smallest absolute Gasteiger partial charge is 0.263 e. The Morgan fingerprint density at radius 1 is 1.44 bits per heavy atom. The van der Waals surface area contributed by atoms with E-state index >= 15 is 0 Å². The monoisotopic (exact) mass is 329 g/mol. The Morgan fingerprint density at radius 2 is 2.17 bits per heavy atom.